The molecule has 248 valence electrons. The van der Waals surface area contributed by atoms with E-state index in [1.165, 1.54) is 32.7 Å². The quantitative estimate of drug-likeness (QED) is 0.170. The monoisotopic (exact) mass is 677 g/mol. The van der Waals surface area contributed by atoms with E-state index in [1.807, 2.05) is 24.3 Å². The Morgan fingerprint density at radius 2 is 0.925 bits per heavy atom. The van der Waals surface area contributed by atoms with Crippen molar-refractivity contribution in [2.75, 3.05) is 4.90 Å². The second-order valence-electron chi connectivity index (χ2n) is 13.7. The molecule has 3 heteroatoms. The normalized spacial score (nSPS) is 11.8. The molecule has 0 amide bonds. The van der Waals surface area contributed by atoms with Gasteiger partial charge in [0.05, 0.1) is 11.1 Å². The van der Waals surface area contributed by atoms with Gasteiger partial charge in [0.15, 0.2) is 0 Å². The third kappa shape index (κ3) is 4.75. The molecule has 0 spiro atoms. The van der Waals surface area contributed by atoms with E-state index in [2.05, 4.69) is 169 Å². The van der Waals surface area contributed by atoms with Crippen molar-refractivity contribution in [2.45, 2.75) is 0 Å². The van der Waals surface area contributed by atoms with Gasteiger partial charge < -0.3 is 13.7 Å². The zero-order valence-corrected chi connectivity index (χ0v) is 28.7. The molecule has 9 aromatic carbocycles. The van der Waals surface area contributed by atoms with Gasteiger partial charge in [0.2, 0.25) is 0 Å². The van der Waals surface area contributed by atoms with Gasteiger partial charge in [-0.05, 0) is 92.8 Å². The van der Waals surface area contributed by atoms with Crippen LogP contribution >= 0.6 is 0 Å². The molecule has 3 nitrogen and oxygen atoms in total. The zero-order chi connectivity index (χ0) is 34.9. The molecule has 0 unspecified atom stereocenters. The Morgan fingerprint density at radius 1 is 0.340 bits per heavy atom. The van der Waals surface area contributed by atoms with E-state index in [0.717, 1.165) is 72.1 Å². The lowest BCUT2D eigenvalue weighted by molar-refractivity contribution is 0.669. The third-order valence-corrected chi connectivity index (χ3v) is 10.7. The van der Waals surface area contributed by atoms with Crippen LogP contribution < -0.4 is 4.90 Å². The van der Waals surface area contributed by atoms with Crippen LogP contribution in [0.3, 0.4) is 0 Å². The molecule has 11 rings (SSSR count). The highest BCUT2D eigenvalue weighted by molar-refractivity contribution is 6.14. The van der Waals surface area contributed by atoms with Crippen molar-refractivity contribution >= 4 is 82.5 Å². The van der Waals surface area contributed by atoms with Crippen LogP contribution in [0.1, 0.15) is 0 Å². The Bertz CT molecular complexity index is 3170. The lowest BCUT2D eigenvalue weighted by Gasteiger charge is -2.26. The van der Waals surface area contributed by atoms with Gasteiger partial charge in [-0.15, -0.1) is 0 Å². The number of rotatable bonds is 5. The van der Waals surface area contributed by atoms with Crippen molar-refractivity contribution in [2.24, 2.45) is 0 Å². The summed E-state index contributed by atoms with van der Waals surface area (Å²) in [6, 6.07) is 66.8. The molecule has 11 aromatic rings. The van der Waals surface area contributed by atoms with Crippen LogP contribution in [-0.4, -0.2) is 0 Å². The Balaban J connectivity index is 1.04. The number of nitrogens with zero attached hydrogens (tertiary/aromatic N) is 1. The number of furan rings is 2. The van der Waals surface area contributed by atoms with E-state index in [9.17, 15) is 0 Å². The van der Waals surface area contributed by atoms with E-state index < -0.39 is 0 Å². The first-order chi connectivity index (χ1) is 26.3. The lowest BCUT2D eigenvalue weighted by Crippen LogP contribution is -2.10. The molecule has 0 bridgehead atoms. The van der Waals surface area contributed by atoms with E-state index in [4.69, 9.17) is 8.83 Å². The number of para-hydroxylation sites is 3. The van der Waals surface area contributed by atoms with E-state index >= 15 is 0 Å². The molecular weight excluding hydrogens is 647 g/mol. The minimum Gasteiger partial charge on any atom is -0.456 e. The predicted molar refractivity (Wildman–Crippen MR) is 222 cm³/mol. The Labute approximate surface area is 305 Å². The van der Waals surface area contributed by atoms with Crippen molar-refractivity contribution in [3.05, 3.63) is 188 Å². The smallest absolute Gasteiger partial charge is 0.143 e. The molecular formula is C50H31NO2. The molecule has 2 aromatic heterocycles. The molecule has 0 fully saturated rings. The number of hydrogen-bond acceptors (Lipinski definition) is 3. The maximum absolute atomic E-state index is 6.40. The third-order valence-electron chi connectivity index (χ3n) is 10.7. The number of benzene rings is 9. The fourth-order valence-corrected chi connectivity index (χ4v) is 8.13. The van der Waals surface area contributed by atoms with Crippen molar-refractivity contribution in [3.8, 4) is 22.3 Å². The molecule has 2 heterocycles. The number of anilines is 3. The SMILES string of the molecule is c1ccc2c(c1)ccc1cc(-c3ccc(N(c4ccc(-c5cccc6c5oc5ccccc56)cc4)c4cccc5oc6ccccc6c45)cc3)ccc12. The van der Waals surface area contributed by atoms with Gasteiger partial charge in [0.25, 0.3) is 0 Å². The van der Waals surface area contributed by atoms with Gasteiger partial charge in [-0.3, -0.25) is 0 Å². The molecule has 0 aliphatic heterocycles. The fraction of sp³-hybridized carbons (Fsp3) is 0. The highest BCUT2D eigenvalue weighted by atomic mass is 16.3. The second kappa shape index (κ2) is 11.7. The summed E-state index contributed by atoms with van der Waals surface area (Å²) in [5.41, 5.74) is 11.3. The van der Waals surface area contributed by atoms with Gasteiger partial charge in [-0.1, -0.05) is 133 Å². The van der Waals surface area contributed by atoms with E-state index in [-0.39, 0.29) is 0 Å². The topological polar surface area (TPSA) is 29.5 Å². The predicted octanol–water partition coefficient (Wildman–Crippen LogP) is 14.6. The zero-order valence-electron chi connectivity index (χ0n) is 28.7. The standard InChI is InChI=1S/C50H31NO2/c1-2-10-39-33(9-1)19-20-36-31-35(25-30-40(36)39)32-21-26-37(27-22-32)51(45-15-8-18-48-49(45)44-12-4-6-17-47(44)52-48)38-28-23-34(24-29-38)41-13-7-14-43-42-11-3-5-16-46(42)53-50(41)43/h1-31H. The lowest BCUT2D eigenvalue weighted by atomic mass is 9.97. The van der Waals surface area contributed by atoms with E-state index in [1.54, 1.807) is 0 Å². The minimum absolute atomic E-state index is 0.863. The molecule has 53 heavy (non-hydrogen) atoms. The minimum atomic E-state index is 0.863. The summed E-state index contributed by atoms with van der Waals surface area (Å²) >= 11 is 0. The van der Waals surface area contributed by atoms with Gasteiger partial charge in [0, 0.05) is 33.1 Å². The fourth-order valence-electron chi connectivity index (χ4n) is 8.13. The summed E-state index contributed by atoms with van der Waals surface area (Å²) < 4.78 is 12.8. The molecule has 0 radical (unpaired) electrons. The van der Waals surface area contributed by atoms with Crippen molar-refractivity contribution in [1.82, 2.24) is 0 Å². The maximum atomic E-state index is 6.40. The summed E-state index contributed by atoms with van der Waals surface area (Å²) in [7, 11) is 0. The van der Waals surface area contributed by atoms with Crippen LogP contribution in [0.15, 0.2) is 197 Å². The highest BCUT2D eigenvalue weighted by Crippen LogP contribution is 2.44. The second-order valence-corrected chi connectivity index (χ2v) is 13.7. The first-order valence-electron chi connectivity index (χ1n) is 18.0. The summed E-state index contributed by atoms with van der Waals surface area (Å²) in [5, 5.41) is 9.50. The van der Waals surface area contributed by atoms with Gasteiger partial charge in [-0.2, -0.15) is 0 Å². The Hall–Kier alpha value is -7.10. The van der Waals surface area contributed by atoms with Crippen LogP contribution in [0.4, 0.5) is 17.1 Å². The molecule has 0 aliphatic carbocycles. The van der Waals surface area contributed by atoms with Crippen molar-refractivity contribution in [1.29, 1.82) is 0 Å². The average molecular weight is 678 g/mol. The molecule has 0 saturated heterocycles. The van der Waals surface area contributed by atoms with Gasteiger partial charge in [-0.25, -0.2) is 0 Å². The molecule has 0 N–H and O–H groups in total. The average Bonchev–Trinajstić information content (AvgIpc) is 3.80. The largest absolute Gasteiger partial charge is 0.456 e. The Kier molecular flexibility index (Phi) is 6.55. The van der Waals surface area contributed by atoms with Crippen molar-refractivity contribution in [3.63, 3.8) is 0 Å². The molecule has 0 aliphatic rings. The molecule has 0 saturated carbocycles. The summed E-state index contributed by atoms with van der Waals surface area (Å²) in [5.74, 6) is 0. The number of fused-ring (bicyclic) bond motifs is 9. The number of hydrogen-bond donors (Lipinski definition) is 0. The maximum Gasteiger partial charge on any atom is 0.143 e. The first-order valence-corrected chi connectivity index (χ1v) is 18.0. The summed E-state index contributed by atoms with van der Waals surface area (Å²) in [6.07, 6.45) is 0. The van der Waals surface area contributed by atoms with Gasteiger partial charge >= 0.3 is 0 Å². The van der Waals surface area contributed by atoms with Crippen LogP contribution in [0.25, 0.3) is 87.7 Å². The van der Waals surface area contributed by atoms with E-state index in [0.29, 0.717) is 0 Å². The van der Waals surface area contributed by atoms with Crippen LogP contribution in [0, 0.1) is 0 Å². The Morgan fingerprint density at radius 3 is 1.74 bits per heavy atom. The van der Waals surface area contributed by atoms with Gasteiger partial charge in [0.1, 0.15) is 22.3 Å². The van der Waals surface area contributed by atoms with Crippen LogP contribution in [0.2, 0.25) is 0 Å². The highest BCUT2D eigenvalue weighted by Gasteiger charge is 2.20. The summed E-state index contributed by atoms with van der Waals surface area (Å²) in [6.45, 7) is 0. The summed E-state index contributed by atoms with van der Waals surface area (Å²) in [4.78, 5) is 2.34. The molecule has 0 atom stereocenters. The van der Waals surface area contributed by atoms with Crippen LogP contribution in [0.5, 0.6) is 0 Å². The van der Waals surface area contributed by atoms with Crippen molar-refractivity contribution < 1.29 is 8.83 Å². The first kappa shape index (κ1) is 29.6. The van der Waals surface area contributed by atoms with Crippen LogP contribution in [-0.2, 0) is 0 Å².